The molecule has 2 heterocycles. The minimum atomic E-state index is 0.228. The van der Waals surface area contributed by atoms with Crippen molar-refractivity contribution in [1.82, 2.24) is 19.7 Å². The molecule has 3 aromatic rings. The molecule has 2 aromatic heterocycles. The number of hydrogen-bond acceptors (Lipinski definition) is 8. The second-order valence-electron chi connectivity index (χ2n) is 6.64. The number of hydrogen-bond donors (Lipinski definition) is 2. The largest absolute Gasteiger partial charge is 0.473 e. The number of thiazole rings is 1. The Balaban J connectivity index is 1.60. The van der Waals surface area contributed by atoms with Crippen LogP contribution in [0.15, 0.2) is 28.6 Å². The summed E-state index contributed by atoms with van der Waals surface area (Å²) in [5, 5.41) is 3.35. The lowest BCUT2D eigenvalue weighted by Crippen LogP contribution is -2.20. The topological polar surface area (TPSA) is 72.0 Å². The molecule has 0 spiro atoms. The third-order valence-electron chi connectivity index (χ3n) is 4.66. The molecule has 2 N–H and O–H groups in total. The molecule has 1 aromatic carbocycles. The molecule has 8 heteroatoms. The summed E-state index contributed by atoms with van der Waals surface area (Å²) in [6, 6.07) is 6.26. The maximum Gasteiger partial charge on any atom is 0.246 e. The number of ether oxygens (including phenoxy) is 1. The van der Waals surface area contributed by atoms with Crippen LogP contribution >= 0.6 is 23.3 Å². The van der Waals surface area contributed by atoms with E-state index < -0.39 is 0 Å². The Labute approximate surface area is 167 Å². The van der Waals surface area contributed by atoms with Gasteiger partial charge in [-0.05, 0) is 75.4 Å². The van der Waals surface area contributed by atoms with Gasteiger partial charge in [-0.1, -0.05) is 6.42 Å². The van der Waals surface area contributed by atoms with Crippen molar-refractivity contribution in [2.24, 2.45) is 0 Å². The molecular formula is C19H23N5OS2. The van der Waals surface area contributed by atoms with Gasteiger partial charge in [0.25, 0.3) is 0 Å². The number of rotatable bonds is 6. The number of aryl methyl sites for hydroxylation is 1. The van der Waals surface area contributed by atoms with Crippen LogP contribution in [0.4, 0.5) is 11.6 Å². The average Bonchev–Trinajstić information content (AvgIpc) is 3.14. The van der Waals surface area contributed by atoms with E-state index in [0.29, 0.717) is 11.8 Å². The minimum Gasteiger partial charge on any atom is -0.473 e. The number of benzene rings is 1. The van der Waals surface area contributed by atoms with Crippen LogP contribution in [0.3, 0.4) is 0 Å². The smallest absolute Gasteiger partial charge is 0.246 e. The van der Waals surface area contributed by atoms with E-state index in [1.807, 2.05) is 7.05 Å². The van der Waals surface area contributed by atoms with Gasteiger partial charge in [0.15, 0.2) is 10.3 Å². The van der Waals surface area contributed by atoms with Gasteiger partial charge in [-0.2, -0.15) is 9.97 Å². The molecule has 0 bridgehead atoms. The second kappa shape index (κ2) is 8.41. The van der Waals surface area contributed by atoms with Gasteiger partial charge in [0, 0.05) is 10.6 Å². The molecule has 27 heavy (non-hydrogen) atoms. The molecule has 0 radical (unpaired) electrons. The van der Waals surface area contributed by atoms with E-state index in [9.17, 15) is 0 Å². The summed E-state index contributed by atoms with van der Waals surface area (Å²) in [5.74, 6) is 1.14. The molecule has 0 amide bonds. The Kier molecular flexibility index (Phi) is 5.75. The molecule has 1 fully saturated rings. The zero-order chi connectivity index (χ0) is 18.6. The normalized spacial score (nSPS) is 15.2. The lowest BCUT2D eigenvalue weighted by atomic mass is 9.98. The van der Waals surface area contributed by atoms with Crippen molar-refractivity contribution in [3.8, 4) is 5.88 Å². The van der Waals surface area contributed by atoms with E-state index in [4.69, 9.17) is 4.74 Å². The van der Waals surface area contributed by atoms with Crippen molar-refractivity contribution < 1.29 is 4.74 Å². The molecule has 1 aliphatic carbocycles. The molecule has 0 aliphatic heterocycles. The number of fused-ring (bicyclic) bond motifs is 1. The predicted molar refractivity (Wildman–Crippen MR) is 112 cm³/mol. The van der Waals surface area contributed by atoms with Crippen LogP contribution in [0.2, 0.25) is 0 Å². The molecule has 0 unspecified atom stereocenters. The van der Waals surface area contributed by atoms with Crippen molar-refractivity contribution in [3.05, 3.63) is 29.3 Å². The summed E-state index contributed by atoms with van der Waals surface area (Å²) < 4.78 is 9.32. The van der Waals surface area contributed by atoms with Crippen LogP contribution in [0.5, 0.6) is 5.88 Å². The number of aromatic nitrogens is 3. The van der Waals surface area contributed by atoms with Crippen molar-refractivity contribution >= 4 is 45.3 Å². The molecule has 4 rings (SSSR count). The van der Waals surface area contributed by atoms with Crippen molar-refractivity contribution in [3.63, 3.8) is 0 Å². The maximum atomic E-state index is 6.23. The monoisotopic (exact) mass is 401 g/mol. The van der Waals surface area contributed by atoms with E-state index in [2.05, 4.69) is 50.1 Å². The maximum absolute atomic E-state index is 6.23. The SMILES string of the molecule is CNSc1ccc(Nc2nc(OC3CCCCC3)c3ncsc3n2)c(C)c1. The molecular weight excluding hydrogens is 378 g/mol. The quantitative estimate of drug-likeness (QED) is 0.558. The molecule has 0 saturated heterocycles. The number of nitrogens with one attached hydrogen (secondary N) is 2. The fourth-order valence-electron chi connectivity index (χ4n) is 3.29. The van der Waals surface area contributed by atoms with Crippen LogP contribution in [0, 0.1) is 6.92 Å². The Hall–Kier alpha value is -1.90. The fraction of sp³-hybridized carbons (Fsp3) is 0.421. The highest BCUT2D eigenvalue weighted by Gasteiger charge is 2.19. The summed E-state index contributed by atoms with van der Waals surface area (Å²) in [6.07, 6.45) is 6.13. The molecule has 6 nitrogen and oxygen atoms in total. The Morgan fingerprint density at radius 1 is 1.19 bits per heavy atom. The highest BCUT2D eigenvalue weighted by molar-refractivity contribution is 7.97. The van der Waals surface area contributed by atoms with Gasteiger partial charge in [-0.25, -0.2) is 4.98 Å². The summed E-state index contributed by atoms with van der Waals surface area (Å²) in [7, 11) is 1.91. The van der Waals surface area contributed by atoms with E-state index in [-0.39, 0.29) is 6.10 Å². The average molecular weight is 402 g/mol. The summed E-state index contributed by atoms with van der Waals surface area (Å²) >= 11 is 3.10. The summed E-state index contributed by atoms with van der Waals surface area (Å²) in [6.45, 7) is 2.08. The standard InChI is InChI=1S/C19H23N5OS2/c1-12-10-14(27-20-2)8-9-15(12)22-19-23-17(16-18(24-19)26-11-21-16)25-13-6-4-3-5-7-13/h8-11,13,20H,3-7H2,1-2H3,(H,22,23,24). The molecule has 1 aliphatic rings. The fourth-order valence-corrected chi connectivity index (χ4v) is 4.55. The highest BCUT2D eigenvalue weighted by atomic mass is 32.2. The van der Waals surface area contributed by atoms with Gasteiger partial charge in [0.05, 0.1) is 5.51 Å². The second-order valence-corrected chi connectivity index (χ2v) is 8.56. The molecule has 142 valence electrons. The van der Waals surface area contributed by atoms with Crippen molar-refractivity contribution in [2.75, 3.05) is 12.4 Å². The van der Waals surface area contributed by atoms with E-state index >= 15 is 0 Å². The van der Waals surface area contributed by atoms with Gasteiger partial charge in [-0.15, -0.1) is 11.3 Å². The van der Waals surface area contributed by atoms with Crippen LogP contribution in [-0.4, -0.2) is 28.1 Å². The highest BCUT2D eigenvalue weighted by Crippen LogP contribution is 2.31. The first-order valence-electron chi connectivity index (χ1n) is 9.22. The Morgan fingerprint density at radius 3 is 2.81 bits per heavy atom. The van der Waals surface area contributed by atoms with E-state index in [1.165, 1.54) is 35.5 Å². The zero-order valence-electron chi connectivity index (χ0n) is 15.5. The first kappa shape index (κ1) is 18.5. The van der Waals surface area contributed by atoms with Crippen LogP contribution < -0.4 is 14.8 Å². The van der Waals surface area contributed by atoms with Gasteiger partial charge >= 0.3 is 0 Å². The third kappa shape index (κ3) is 4.34. The molecule has 1 saturated carbocycles. The van der Waals surface area contributed by atoms with E-state index in [0.717, 1.165) is 34.4 Å². The Morgan fingerprint density at radius 2 is 2.04 bits per heavy atom. The summed E-state index contributed by atoms with van der Waals surface area (Å²) in [5.41, 5.74) is 4.68. The van der Waals surface area contributed by atoms with Crippen molar-refractivity contribution in [2.45, 2.75) is 50.0 Å². The zero-order valence-corrected chi connectivity index (χ0v) is 17.1. The number of nitrogens with zero attached hydrogens (tertiary/aromatic N) is 3. The van der Waals surface area contributed by atoms with Gasteiger partial charge in [-0.3, -0.25) is 4.72 Å². The van der Waals surface area contributed by atoms with Gasteiger partial charge in [0.1, 0.15) is 6.10 Å². The number of anilines is 2. The first-order valence-corrected chi connectivity index (χ1v) is 10.9. The van der Waals surface area contributed by atoms with E-state index in [1.54, 1.807) is 17.5 Å². The Bertz CT molecular complexity index is 924. The predicted octanol–water partition coefficient (Wildman–Crippen LogP) is 5.08. The van der Waals surface area contributed by atoms with Crippen LogP contribution in [0.25, 0.3) is 10.3 Å². The lowest BCUT2D eigenvalue weighted by molar-refractivity contribution is 0.151. The van der Waals surface area contributed by atoms with Gasteiger partial charge in [0.2, 0.25) is 11.8 Å². The first-order chi connectivity index (χ1) is 13.2. The summed E-state index contributed by atoms with van der Waals surface area (Å²) in [4.78, 5) is 15.7. The van der Waals surface area contributed by atoms with Crippen molar-refractivity contribution in [1.29, 1.82) is 0 Å². The van der Waals surface area contributed by atoms with Gasteiger partial charge < -0.3 is 10.1 Å². The lowest BCUT2D eigenvalue weighted by Gasteiger charge is -2.22. The van der Waals surface area contributed by atoms with Crippen LogP contribution in [-0.2, 0) is 0 Å². The third-order valence-corrected chi connectivity index (χ3v) is 6.07. The minimum absolute atomic E-state index is 0.228. The molecule has 0 atom stereocenters. The van der Waals surface area contributed by atoms with Crippen LogP contribution in [0.1, 0.15) is 37.7 Å².